The van der Waals surface area contributed by atoms with Gasteiger partial charge in [0.15, 0.2) is 5.82 Å². The first-order chi connectivity index (χ1) is 13.6. The minimum atomic E-state index is -3.77. The summed E-state index contributed by atoms with van der Waals surface area (Å²) in [5.41, 5.74) is 2.83. The Morgan fingerprint density at radius 3 is 1.82 bits per heavy atom. The molecular weight excluding hydrogens is 370 g/mol. The molecule has 0 spiro atoms. The van der Waals surface area contributed by atoms with Crippen LogP contribution in [0.25, 0.3) is 22.5 Å². The van der Waals surface area contributed by atoms with Crippen LogP contribution >= 0.6 is 0 Å². The largest absolute Gasteiger partial charge is 0.263 e. The molecule has 138 valence electrons. The number of sulfonamides is 1. The fourth-order valence-electron chi connectivity index (χ4n) is 2.79. The zero-order chi connectivity index (χ0) is 19.4. The van der Waals surface area contributed by atoms with Gasteiger partial charge >= 0.3 is 0 Å². The SMILES string of the molecule is O=S(=O)(Nc1ncc(-c2ccccc2)nc1-c1ccccc1)c1ccccc1. The number of nitrogens with one attached hydrogen (secondary N) is 1. The number of anilines is 1. The molecule has 1 aromatic heterocycles. The van der Waals surface area contributed by atoms with Gasteiger partial charge in [0, 0.05) is 11.1 Å². The number of aromatic nitrogens is 2. The van der Waals surface area contributed by atoms with E-state index < -0.39 is 10.0 Å². The van der Waals surface area contributed by atoms with Crippen molar-refractivity contribution in [2.24, 2.45) is 0 Å². The van der Waals surface area contributed by atoms with Crippen molar-refractivity contribution in [2.45, 2.75) is 4.90 Å². The van der Waals surface area contributed by atoms with Gasteiger partial charge in [0.1, 0.15) is 5.69 Å². The monoisotopic (exact) mass is 387 g/mol. The Kier molecular flexibility index (Phi) is 4.87. The zero-order valence-electron chi connectivity index (χ0n) is 14.9. The maximum Gasteiger partial charge on any atom is 0.263 e. The minimum Gasteiger partial charge on any atom is -0.262 e. The Bertz CT molecular complexity index is 1180. The van der Waals surface area contributed by atoms with Crippen LogP contribution in [0.5, 0.6) is 0 Å². The van der Waals surface area contributed by atoms with Gasteiger partial charge in [0.25, 0.3) is 10.0 Å². The quantitative estimate of drug-likeness (QED) is 0.543. The van der Waals surface area contributed by atoms with Crippen LogP contribution in [0.1, 0.15) is 0 Å². The summed E-state index contributed by atoms with van der Waals surface area (Å²) >= 11 is 0. The van der Waals surface area contributed by atoms with Gasteiger partial charge in [0.05, 0.1) is 16.8 Å². The highest BCUT2D eigenvalue weighted by Crippen LogP contribution is 2.29. The number of benzene rings is 3. The fraction of sp³-hybridized carbons (Fsp3) is 0. The van der Waals surface area contributed by atoms with E-state index in [1.165, 1.54) is 12.1 Å². The van der Waals surface area contributed by atoms with Crippen LogP contribution < -0.4 is 4.72 Å². The first kappa shape index (κ1) is 17.9. The molecule has 0 amide bonds. The summed E-state index contributed by atoms with van der Waals surface area (Å²) in [7, 11) is -3.77. The highest BCUT2D eigenvalue weighted by Gasteiger charge is 2.19. The van der Waals surface area contributed by atoms with Gasteiger partial charge < -0.3 is 0 Å². The standard InChI is InChI=1S/C22H17N3O2S/c26-28(27,19-14-8-3-9-15-19)25-22-21(18-12-6-2-7-13-18)24-20(16-23-22)17-10-4-1-5-11-17/h1-16H,(H,23,25). The minimum absolute atomic E-state index is 0.169. The molecule has 1 heterocycles. The van der Waals surface area contributed by atoms with Crippen molar-refractivity contribution in [3.63, 3.8) is 0 Å². The molecule has 0 fully saturated rings. The highest BCUT2D eigenvalue weighted by molar-refractivity contribution is 7.92. The Morgan fingerprint density at radius 2 is 1.21 bits per heavy atom. The average molecular weight is 387 g/mol. The average Bonchev–Trinajstić information content (AvgIpc) is 2.76. The van der Waals surface area contributed by atoms with E-state index in [0.717, 1.165) is 11.1 Å². The molecule has 0 aliphatic heterocycles. The summed E-state index contributed by atoms with van der Waals surface area (Å²) in [4.78, 5) is 9.26. The number of rotatable bonds is 5. The second kappa shape index (κ2) is 7.62. The molecule has 4 rings (SSSR count). The molecule has 0 saturated heterocycles. The molecule has 0 aliphatic carbocycles. The molecule has 0 saturated carbocycles. The predicted molar refractivity (Wildman–Crippen MR) is 110 cm³/mol. The second-order valence-electron chi connectivity index (χ2n) is 6.10. The van der Waals surface area contributed by atoms with E-state index in [2.05, 4.69) is 9.71 Å². The van der Waals surface area contributed by atoms with Gasteiger partial charge in [0.2, 0.25) is 0 Å². The topological polar surface area (TPSA) is 72.0 Å². The first-order valence-electron chi connectivity index (χ1n) is 8.69. The van der Waals surface area contributed by atoms with E-state index in [1.54, 1.807) is 24.4 Å². The third-order valence-electron chi connectivity index (χ3n) is 4.17. The van der Waals surface area contributed by atoms with E-state index >= 15 is 0 Å². The second-order valence-corrected chi connectivity index (χ2v) is 7.79. The van der Waals surface area contributed by atoms with Crippen molar-refractivity contribution in [3.8, 4) is 22.5 Å². The van der Waals surface area contributed by atoms with Gasteiger partial charge in [-0.2, -0.15) is 0 Å². The molecule has 5 nitrogen and oxygen atoms in total. The van der Waals surface area contributed by atoms with Crippen molar-refractivity contribution in [1.29, 1.82) is 0 Å². The Balaban J connectivity index is 1.81. The van der Waals surface area contributed by atoms with Gasteiger partial charge in [-0.15, -0.1) is 0 Å². The summed E-state index contributed by atoms with van der Waals surface area (Å²) in [5.74, 6) is 0.190. The van der Waals surface area contributed by atoms with Gasteiger partial charge in [-0.25, -0.2) is 18.4 Å². The Hall–Kier alpha value is -3.51. The third kappa shape index (κ3) is 3.77. The normalized spacial score (nSPS) is 11.1. The lowest BCUT2D eigenvalue weighted by atomic mass is 10.1. The molecule has 0 atom stereocenters. The summed E-state index contributed by atoms with van der Waals surface area (Å²) < 4.78 is 28.1. The molecule has 0 bridgehead atoms. The van der Waals surface area contributed by atoms with Crippen molar-refractivity contribution in [3.05, 3.63) is 97.2 Å². The lowest BCUT2D eigenvalue weighted by Gasteiger charge is -2.13. The van der Waals surface area contributed by atoms with Crippen molar-refractivity contribution >= 4 is 15.8 Å². The summed E-state index contributed by atoms with van der Waals surface area (Å²) in [6.45, 7) is 0. The molecule has 28 heavy (non-hydrogen) atoms. The number of nitrogens with zero attached hydrogens (tertiary/aromatic N) is 2. The summed E-state index contributed by atoms with van der Waals surface area (Å²) in [6, 6.07) is 27.2. The van der Waals surface area contributed by atoms with E-state index in [9.17, 15) is 8.42 Å². The maximum atomic E-state index is 12.8. The van der Waals surface area contributed by atoms with Crippen LogP contribution in [0.3, 0.4) is 0 Å². The van der Waals surface area contributed by atoms with Crippen LogP contribution in [0.15, 0.2) is 102 Å². The molecule has 1 N–H and O–H groups in total. The van der Waals surface area contributed by atoms with Gasteiger partial charge in [-0.3, -0.25) is 4.72 Å². The molecular formula is C22H17N3O2S. The van der Waals surface area contributed by atoms with E-state index in [-0.39, 0.29) is 10.7 Å². The van der Waals surface area contributed by atoms with Gasteiger partial charge in [-0.1, -0.05) is 78.9 Å². The molecule has 6 heteroatoms. The van der Waals surface area contributed by atoms with E-state index in [4.69, 9.17) is 4.98 Å². The van der Waals surface area contributed by atoms with Crippen molar-refractivity contribution < 1.29 is 8.42 Å². The molecule has 0 aliphatic rings. The van der Waals surface area contributed by atoms with Crippen LogP contribution in [0.2, 0.25) is 0 Å². The maximum absolute atomic E-state index is 12.8. The van der Waals surface area contributed by atoms with Crippen molar-refractivity contribution in [1.82, 2.24) is 9.97 Å². The molecule has 3 aromatic carbocycles. The smallest absolute Gasteiger partial charge is 0.262 e. The molecule has 0 radical (unpaired) electrons. The zero-order valence-corrected chi connectivity index (χ0v) is 15.7. The first-order valence-corrected chi connectivity index (χ1v) is 10.2. The van der Waals surface area contributed by atoms with Crippen LogP contribution in [0, 0.1) is 0 Å². The fourth-order valence-corrected chi connectivity index (χ4v) is 3.83. The summed E-state index contributed by atoms with van der Waals surface area (Å²) in [6.07, 6.45) is 1.57. The van der Waals surface area contributed by atoms with Crippen molar-refractivity contribution in [2.75, 3.05) is 4.72 Å². The lowest BCUT2D eigenvalue weighted by Crippen LogP contribution is -2.15. The third-order valence-corrected chi connectivity index (χ3v) is 5.53. The van der Waals surface area contributed by atoms with E-state index in [0.29, 0.717) is 11.4 Å². The Morgan fingerprint density at radius 1 is 0.679 bits per heavy atom. The Labute approximate surface area is 163 Å². The summed E-state index contributed by atoms with van der Waals surface area (Å²) in [5, 5.41) is 0. The van der Waals surface area contributed by atoms with Crippen LogP contribution in [0.4, 0.5) is 5.82 Å². The van der Waals surface area contributed by atoms with Crippen LogP contribution in [-0.2, 0) is 10.0 Å². The number of hydrogen-bond acceptors (Lipinski definition) is 4. The lowest BCUT2D eigenvalue weighted by molar-refractivity contribution is 0.601. The molecule has 4 aromatic rings. The predicted octanol–water partition coefficient (Wildman–Crippen LogP) is 4.61. The van der Waals surface area contributed by atoms with E-state index in [1.807, 2.05) is 60.7 Å². The van der Waals surface area contributed by atoms with Crippen LogP contribution in [-0.4, -0.2) is 18.4 Å². The van der Waals surface area contributed by atoms with Gasteiger partial charge in [-0.05, 0) is 12.1 Å². The number of hydrogen-bond donors (Lipinski definition) is 1. The highest BCUT2D eigenvalue weighted by atomic mass is 32.2. The molecule has 0 unspecified atom stereocenters.